The van der Waals surface area contributed by atoms with Crippen LogP contribution in [0, 0.1) is 5.41 Å². The predicted molar refractivity (Wildman–Crippen MR) is 121 cm³/mol. The number of halogens is 2. The highest BCUT2D eigenvalue weighted by molar-refractivity contribution is 9.10. The number of nitrogens with one attached hydrogen (secondary N) is 1. The number of hydrogen-bond donors (Lipinski definition) is 1. The number of Topliss-reactive ketones (excluding diaryl/α,β-unsaturated/α-hetero) is 1. The zero-order chi connectivity index (χ0) is 20.2. The standard InChI is InChI=1S/C23H24BrClN2O/c1-23(2)11-16-15-10-14(25)6-7-18(15)26-22(21(16)20(28)12-23)13-5-8-19(27(3)4)17(24)9-13/h5-10,22,26H,11-12H2,1-4H3. The summed E-state index contributed by atoms with van der Waals surface area (Å²) in [4.78, 5) is 15.3. The number of fused-ring (bicyclic) bond motifs is 2. The van der Waals surface area contributed by atoms with E-state index in [1.54, 1.807) is 0 Å². The van der Waals surface area contributed by atoms with Crippen molar-refractivity contribution in [3.05, 3.63) is 62.6 Å². The first-order chi connectivity index (χ1) is 13.2. The molecule has 1 aliphatic carbocycles. The van der Waals surface area contributed by atoms with Crippen LogP contribution in [0.15, 0.2) is 46.4 Å². The monoisotopic (exact) mass is 458 g/mol. The van der Waals surface area contributed by atoms with Gasteiger partial charge in [0.25, 0.3) is 0 Å². The van der Waals surface area contributed by atoms with Gasteiger partial charge < -0.3 is 10.2 Å². The van der Waals surface area contributed by atoms with Crippen molar-refractivity contribution in [1.82, 2.24) is 0 Å². The third-order valence-electron chi connectivity index (χ3n) is 5.60. The smallest absolute Gasteiger partial charge is 0.162 e. The van der Waals surface area contributed by atoms with E-state index in [4.69, 9.17) is 11.6 Å². The third-order valence-corrected chi connectivity index (χ3v) is 6.47. The largest absolute Gasteiger partial charge is 0.377 e. The molecule has 4 rings (SSSR count). The fraction of sp³-hybridized carbons (Fsp3) is 0.348. The van der Waals surface area contributed by atoms with Crippen molar-refractivity contribution in [1.29, 1.82) is 0 Å². The van der Waals surface area contributed by atoms with Crippen LogP contribution in [0.25, 0.3) is 5.57 Å². The van der Waals surface area contributed by atoms with Gasteiger partial charge in [-0.25, -0.2) is 0 Å². The van der Waals surface area contributed by atoms with E-state index >= 15 is 0 Å². The second-order valence-corrected chi connectivity index (χ2v) is 10.00. The van der Waals surface area contributed by atoms with Crippen molar-refractivity contribution in [2.24, 2.45) is 5.41 Å². The van der Waals surface area contributed by atoms with Crippen molar-refractivity contribution in [3.63, 3.8) is 0 Å². The van der Waals surface area contributed by atoms with Crippen LogP contribution in [0.4, 0.5) is 11.4 Å². The van der Waals surface area contributed by atoms with Gasteiger partial charge in [0.2, 0.25) is 0 Å². The molecular formula is C23H24BrClN2O. The van der Waals surface area contributed by atoms with Crippen LogP contribution in [0.3, 0.4) is 0 Å². The average molecular weight is 460 g/mol. The molecule has 146 valence electrons. The first-order valence-corrected chi connectivity index (χ1v) is 10.6. The quantitative estimate of drug-likeness (QED) is 0.558. The van der Waals surface area contributed by atoms with E-state index in [0.717, 1.165) is 44.5 Å². The number of rotatable bonds is 2. The van der Waals surface area contributed by atoms with Gasteiger partial charge in [0.15, 0.2) is 5.78 Å². The van der Waals surface area contributed by atoms with Gasteiger partial charge >= 0.3 is 0 Å². The normalized spacial score (nSPS) is 20.4. The summed E-state index contributed by atoms with van der Waals surface area (Å²) in [5.41, 5.74) is 6.26. The summed E-state index contributed by atoms with van der Waals surface area (Å²) in [6, 6.07) is 12.1. The number of anilines is 2. The Morgan fingerprint density at radius 3 is 2.57 bits per heavy atom. The lowest BCUT2D eigenvalue weighted by atomic mass is 9.68. The maximum Gasteiger partial charge on any atom is 0.162 e. The molecule has 2 aliphatic rings. The van der Waals surface area contributed by atoms with Gasteiger partial charge in [-0.1, -0.05) is 31.5 Å². The van der Waals surface area contributed by atoms with Crippen LogP contribution < -0.4 is 10.2 Å². The van der Waals surface area contributed by atoms with Gasteiger partial charge in [-0.2, -0.15) is 0 Å². The Balaban J connectivity index is 1.89. The van der Waals surface area contributed by atoms with E-state index in [2.05, 4.69) is 58.2 Å². The molecule has 0 fully saturated rings. The maximum atomic E-state index is 13.2. The minimum Gasteiger partial charge on any atom is -0.377 e. The summed E-state index contributed by atoms with van der Waals surface area (Å²) < 4.78 is 1.02. The number of hydrogen-bond acceptors (Lipinski definition) is 3. The van der Waals surface area contributed by atoms with E-state index in [-0.39, 0.29) is 17.2 Å². The summed E-state index contributed by atoms with van der Waals surface area (Å²) in [6.07, 6.45) is 1.44. The molecule has 2 aromatic rings. The van der Waals surface area contributed by atoms with Crippen LogP contribution in [-0.4, -0.2) is 19.9 Å². The molecule has 2 aromatic carbocycles. The highest BCUT2D eigenvalue weighted by atomic mass is 79.9. The number of nitrogens with zero attached hydrogens (tertiary/aromatic N) is 1. The van der Waals surface area contributed by atoms with Gasteiger partial charge in [0.05, 0.1) is 11.7 Å². The second kappa shape index (κ2) is 6.93. The number of allylic oxidation sites excluding steroid dienone is 1. The molecule has 0 bridgehead atoms. The SMILES string of the molecule is CN(C)c1ccc(C2Nc3ccc(Cl)cc3C3=C2C(=O)CC(C)(C)C3)cc1Br. The molecule has 1 aliphatic heterocycles. The lowest BCUT2D eigenvalue weighted by Crippen LogP contribution is -2.33. The zero-order valence-electron chi connectivity index (χ0n) is 16.6. The summed E-state index contributed by atoms with van der Waals surface area (Å²) in [6.45, 7) is 4.33. The van der Waals surface area contributed by atoms with Crippen molar-refractivity contribution in [2.75, 3.05) is 24.3 Å². The highest BCUT2D eigenvalue weighted by Gasteiger charge is 2.40. The molecule has 28 heavy (non-hydrogen) atoms. The van der Waals surface area contributed by atoms with Crippen LogP contribution in [0.1, 0.15) is 43.9 Å². The maximum absolute atomic E-state index is 13.2. The number of carbonyl (C=O) groups is 1. The van der Waals surface area contributed by atoms with E-state index in [9.17, 15) is 4.79 Å². The summed E-state index contributed by atoms with van der Waals surface area (Å²) in [7, 11) is 4.04. The topological polar surface area (TPSA) is 32.3 Å². The van der Waals surface area contributed by atoms with Gasteiger partial charge in [-0.15, -0.1) is 0 Å². The van der Waals surface area contributed by atoms with E-state index in [0.29, 0.717) is 11.4 Å². The molecule has 3 nitrogen and oxygen atoms in total. The molecule has 1 atom stereocenters. The Morgan fingerprint density at radius 2 is 1.89 bits per heavy atom. The molecule has 0 spiro atoms. The Morgan fingerprint density at radius 1 is 1.14 bits per heavy atom. The molecule has 5 heteroatoms. The number of ketones is 1. The number of carbonyl (C=O) groups excluding carboxylic acids is 1. The summed E-state index contributed by atoms with van der Waals surface area (Å²) >= 11 is 9.98. The highest BCUT2D eigenvalue weighted by Crippen LogP contribution is 2.51. The minimum absolute atomic E-state index is 0.0489. The lowest BCUT2D eigenvalue weighted by Gasteiger charge is -2.40. The molecule has 0 saturated heterocycles. The molecular weight excluding hydrogens is 436 g/mol. The summed E-state index contributed by atoms with van der Waals surface area (Å²) in [5, 5.41) is 4.30. The second-order valence-electron chi connectivity index (χ2n) is 8.71. The van der Waals surface area contributed by atoms with Gasteiger partial charge in [-0.3, -0.25) is 4.79 Å². The van der Waals surface area contributed by atoms with E-state index < -0.39 is 0 Å². The van der Waals surface area contributed by atoms with Crippen molar-refractivity contribution in [3.8, 4) is 0 Å². The lowest BCUT2D eigenvalue weighted by molar-refractivity contribution is -0.118. The third kappa shape index (κ3) is 3.37. The van der Waals surface area contributed by atoms with E-state index in [1.807, 2.05) is 32.3 Å². The minimum atomic E-state index is -0.153. The molecule has 1 heterocycles. The average Bonchev–Trinajstić information content (AvgIpc) is 2.59. The fourth-order valence-electron chi connectivity index (χ4n) is 4.35. The fourth-order valence-corrected chi connectivity index (χ4v) is 5.27. The molecule has 0 aromatic heterocycles. The Labute approximate surface area is 179 Å². The van der Waals surface area contributed by atoms with Crippen molar-refractivity contribution in [2.45, 2.75) is 32.7 Å². The molecule has 0 saturated carbocycles. The molecule has 1 unspecified atom stereocenters. The summed E-state index contributed by atoms with van der Waals surface area (Å²) in [5.74, 6) is 0.224. The molecule has 0 radical (unpaired) electrons. The molecule has 0 amide bonds. The van der Waals surface area contributed by atoms with Crippen molar-refractivity contribution >= 4 is 50.3 Å². The van der Waals surface area contributed by atoms with Crippen LogP contribution in [0.5, 0.6) is 0 Å². The zero-order valence-corrected chi connectivity index (χ0v) is 18.9. The molecule has 1 N–H and O–H groups in total. The van der Waals surface area contributed by atoms with Crippen LogP contribution in [0.2, 0.25) is 5.02 Å². The van der Waals surface area contributed by atoms with Gasteiger partial charge in [0.1, 0.15) is 0 Å². The van der Waals surface area contributed by atoms with E-state index in [1.165, 1.54) is 0 Å². The first-order valence-electron chi connectivity index (χ1n) is 9.46. The Bertz CT molecular complexity index is 1010. The van der Waals surface area contributed by atoms with Gasteiger partial charge in [0, 0.05) is 46.8 Å². The Kier molecular flexibility index (Phi) is 4.83. The van der Waals surface area contributed by atoms with Crippen LogP contribution >= 0.6 is 27.5 Å². The number of benzene rings is 2. The first kappa shape index (κ1) is 19.5. The Hall–Kier alpha value is -1.78. The van der Waals surface area contributed by atoms with Crippen molar-refractivity contribution < 1.29 is 4.79 Å². The van der Waals surface area contributed by atoms with Gasteiger partial charge in [-0.05, 0) is 69.2 Å². The van der Waals surface area contributed by atoms with Crippen LogP contribution in [-0.2, 0) is 4.79 Å². The predicted octanol–water partition coefficient (Wildman–Crippen LogP) is 6.48.